The molecular formula is C11H10F3N2O3+. The molecule has 0 saturated carbocycles. The van der Waals surface area contributed by atoms with Gasteiger partial charge in [-0.05, 0) is 6.07 Å². The van der Waals surface area contributed by atoms with Crippen LogP contribution in [0.4, 0.5) is 13.2 Å². The molecule has 2 aromatic rings. The summed E-state index contributed by atoms with van der Waals surface area (Å²) in [5, 5.41) is 9.82. The predicted molar refractivity (Wildman–Crippen MR) is 56.7 cm³/mol. The molecule has 5 nitrogen and oxygen atoms in total. The Morgan fingerprint density at radius 2 is 2.16 bits per heavy atom. The van der Waals surface area contributed by atoms with Crippen LogP contribution in [-0.2, 0) is 11.3 Å². The van der Waals surface area contributed by atoms with Crippen LogP contribution in [0.5, 0.6) is 5.88 Å². The number of aromatic nitrogens is 2. The van der Waals surface area contributed by atoms with Crippen molar-refractivity contribution in [1.82, 2.24) is 4.40 Å². The van der Waals surface area contributed by atoms with Gasteiger partial charge in [-0.3, -0.25) is 0 Å². The Morgan fingerprint density at radius 3 is 2.74 bits per heavy atom. The molecule has 0 radical (unpaired) electrons. The van der Waals surface area contributed by atoms with Gasteiger partial charge in [0.15, 0.2) is 6.54 Å². The molecule has 2 heterocycles. The number of esters is 1. The van der Waals surface area contributed by atoms with Gasteiger partial charge in [-0.1, -0.05) is 6.07 Å². The third-order valence-electron chi connectivity index (χ3n) is 2.54. The minimum Gasteiger partial charge on any atom is -0.474 e. The summed E-state index contributed by atoms with van der Waals surface area (Å²) in [7, 11) is 1.08. The highest BCUT2D eigenvalue weighted by Crippen LogP contribution is 2.21. The normalized spacial score (nSPS) is 11.8. The van der Waals surface area contributed by atoms with E-state index in [0.717, 1.165) is 11.5 Å². The second-order valence-electron chi connectivity index (χ2n) is 3.79. The summed E-state index contributed by atoms with van der Waals surface area (Å²) >= 11 is 0. The molecule has 0 bridgehead atoms. The second kappa shape index (κ2) is 4.45. The van der Waals surface area contributed by atoms with E-state index in [-0.39, 0.29) is 11.3 Å². The summed E-state index contributed by atoms with van der Waals surface area (Å²) in [4.78, 5) is 11.5. The minimum atomic E-state index is -4.52. The van der Waals surface area contributed by atoms with Crippen molar-refractivity contribution in [3.8, 4) is 5.88 Å². The van der Waals surface area contributed by atoms with E-state index in [1.54, 1.807) is 0 Å². The van der Waals surface area contributed by atoms with E-state index in [2.05, 4.69) is 4.74 Å². The number of fused-ring (bicyclic) bond motifs is 1. The maximum atomic E-state index is 12.5. The molecule has 0 fully saturated rings. The van der Waals surface area contributed by atoms with Crippen molar-refractivity contribution in [3.05, 3.63) is 30.1 Å². The molecule has 8 heteroatoms. The Morgan fingerprint density at radius 1 is 1.47 bits per heavy atom. The van der Waals surface area contributed by atoms with Gasteiger partial charge in [0.2, 0.25) is 0 Å². The van der Waals surface area contributed by atoms with Crippen LogP contribution in [0.2, 0.25) is 0 Å². The Kier molecular flexibility index (Phi) is 3.09. The van der Waals surface area contributed by atoms with Crippen LogP contribution in [-0.4, -0.2) is 28.8 Å². The molecule has 0 aliphatic heterocycles. The standard InChI is InChI=1S/C11H9F3N2O3/c1-19-10(18)8-9(17)16(6-11(12,13)14)7-4-2-3-5-15(7)8/h2-5H,6H2,1H3/p+1. The average Bonchev–Trinajstić information content (AvgIpc) is 2.60. The first-order valence-corrected chi connectivity index (χ1v) is 5.22. The van der Waals surface area contributed by atoms with Crippen LogP contribution >= 0.6 is 0 Å². The van der Waals surface area contributed by atoms with Crippen molar-refractivity contribution < 1.29 is 32.4 Å². The summed E-state index contributed by atoms with van der Waals surface area (Å²) in [5.74, 6) is -1.70. The van der Waals surface area contributed by atoms with E-state index in [0.29, 0.717) is 4.57 Å². The average molecular weight is 275 g/mol. The lowest BCUT2D eigenvalue weighted by Gasteiger charge is -2.03. The molecule has 0 amide bonds. The van der Waals surface area contributed by atoms with E-state index in [1.165, 1.54) is 24.4 Å². The van der Waals surface area contributed by atoms with Gasteiger partial charge < -0.3 is 9.84 Å². The van der Waals surface area contributed by atoms with Crippen molar-refractivity contribution in [3.63, 3.8) is 0 Å². The second-order valence-corrected chi connectivity index (χ2v) is 3.79. The number of pyridine rings is 1. The van der Waals surface area contributed by atoms with E-state index in [4.69, 9.17) is 0 Å². The lowest BCUT2D eigenvalue weighted by Crippen LogP contribution is -2.41. The molecule has 2 rings (SSSR count). The minimum absolute atomic E-state index is 0.0396. The third-order valence-corrected chi connectivity index (χ3v) is 2.54. The number of halogens is 3. The number of rotatable bonds is 2. The third kappa shape index (κ3) is 2.33. The van der Waals surface area contributed by atoms with Crippen molar-refractivity contribution in [2.45, 2.75) is 12.7 Å². The largest absolute Gasteiger partial charge is 0.474 e. The fraction of sp³-hybridized carbons (Fsp3) is 0.273. The van der Waals surface area contributed by atoms with Crippen LogP contribution in [0.3, 0.4) is 0 Å². The molecular weight excluding hydrogens is 265 g/mol. The fourth-order valence-electron chi connectivity index (χ4n) is 1.81. The summed E-state index contributed by atoms with van der Waals surface area (Å²) < 4.78 is 43.7. The number of methoxy groups -OCH3 is 1. The van der Waals surface area contributed by atoms with Gasteiger partial charge >= 0.3 is 23.7 Å². The highest BCUT2D eigenvalue weighted by Gasteiger charge is 2.38. The SMILES string of the molecule is COC(=O)c1c(O)[n+](CC(F)(F)F)c2ccccn12. The first kappa shape index (κ1) is 13.2. The number of ether oxygens (including phenoxy) is 1. The topological polar surface area (TPSA) is 54.8 Å². The highest BCUT2D eigenvalue weighted by atomic mass is 19.4. The first-order valence-electron chi connectivity index (χ1n) is 5.22. The van der Waals surface area contributed by atoms with Crippen molar-refractivity contribution in [2.24, 2.45) is 0 Å². The molecule has 1 N–H and O–H groups in total. The number of hydrogen-bond donors (Lipinski definition) is 1. The van der Waals surface area contributed by atoms with Crippen molar-refractivity contribution in [2.75, 3.05) is 7.11 Å². The van der Waals surface area contributed by atoms with Gasteiger partial charge in [-0.25, -0.2) is 4.79 Å². The van der Waals surface area contributed by atoms with Gasteiger partial charge in [0.25, 0.3) is 5.65 Å². The molecule has 0 saturated heterocycles. The number of nitrogens with zero attached hydrogens (tertiary/aromatic N) is 2. The highest BCUT2D eigenvalue weighted by molar-refractivity contribution is 5.90. The summed E-state index contributed by atoms with van der Waals surface area (Å²) in [6.07, 6.45) is -3.15. The van der Waals surface area contributed by atoms with Gasteiger partial charge in [0.1, 0.15) is 0 Å². The van der Waals surface area contributed by atoms with Gasteiger partial charge in [-0.15, -0.1) is 0 Å². The van der Waals surface area contributed by atoms with Crippen LogP contribution < -0.4 is 4.57 Å². The Bertz CT molecular complexity index is 634. The zero-order valence-corrected chi connectivity index (χ0v) is 9.81. The molecule has 102 valence electrons. The molecule has 19 heavy (non-hydrogen) atoms. The number of carbonyl (C=O) groups excluding carboxylic acids is 1. The van der Waals surface area contributed by atoms with Crippen molar-refractivity contribution >= 4 is 11.6 Å². The molecule has 0 atom stereocenters. The number of carbonyl (C=O) groups is 1. The number of imidazole rings is 1. The maximum Gasteiger partial charge on any atom is 0.426 e. The van der Waals surface area contributed by atoms with Gasteiger partial charge in [0, 0.05) is 6.07 Å². The quantitative estimate of drug-likeness (QED) is 0.663. The lowest BCUT2D eigenvalue weighted by molar-refractivity contribution is -0.700. The van der Waals surface area contributed by atoms with Gasteiger partial charge in [-0.2, -0.15) is 22.1 Å². The first-order chi connectivity index (χ1) is 8.85. The van der Waals surface area contributed by atoms with E-state index in [9.17, 15) is 23.1 Å². The van der Waals surface area contributed by atoms with E-state index < -0.39 is 24.6 Å². The van der Waals surface area contributed by atoms with Crippen LogP contribution in [0.15, 0.2) is 24.4 Å². The summed E-state index contributed by atoms with van der Waals surface area (Å²) in [6.45, 7) is -1.40. The van der Waals surface area contributed by atoms with E-state index >= 15 is 0 Å². The Labute approximate surface area is 105 Å². The predicted octanol–water partition coefficient (Wildman–Crippen LogP) is 1.28. The molecule has 0 aromatic carbocycles. The van der Waals surface area contributed by atoms with Gasteiger partial charge in [0.05, 0.1) is 13.3 Å². The Balaban J connectivity index is 2.71. The van der Waals surface area contributed by atoms with Crippen molar-refractivity contribution in [1.29, 1.82) is 0 Å². The van der Waals surface area contributed by atoms with E-state index in [1.807, 2.05) is 0 Å². The number of aromatic hydroxyl groups is 1. The smallest absolute Gasteiger partial charge is 0.426 e. The number of alkyl halides is 3. The zero-order valence-electron chi connectivity index (χ0n) is 9.81. The maximum absolute atomic E-state index is 12.5. The van der Waals surface area contributed by atoms with Crippen LogP contribution in [0.1, 0.15) is 10.5 Å². The molecule has 0 aliphatic carbocycles. The summed E-state index contributed by atoms with van der Waals surface area (Å²) in [5.41, 5.74) is -0.305. The van der Waals surface area contributed by atoms with Crippen LogP contribution in [0, 0.1) is 0 Å². The lowest BCUT2D eigenvalue weighted by atomic mass is 10.4. The molecule has 2 aromatic heterocycles. The Hall–Kier alpha value is -2.25. The molecule has 0 unspecified atom stereocenters. The monoisotopic (exact) mass is 275 g/mol. The fourth-order valence-corrected chi connectivity index (χ4v) is 1.81. The molecule has 0 spiro atoms. The van der Waals surface area contributed by atoms with Crippen LogP contribution in [0.25, 0.3) is 5.65 Å². The zero-order chi connectivity index (χ0) is 14.2. The number of hydrogen-bond acceptors (Lipinski definition) is 3. The summed E-state index contributed by atoms with van der Waals surface area (Å²) in [6, 6.07) is 4.39. The molecule has 0 aliphatic rings.